The summed E-state index contributed by atoms with van der Waals surface area (Å²) in [4.78, 5) is 18.8. The number of ether oxygens (including phenoxy) is 1. The maximum absolute atomic E-state index is 11.8. The molecule has 0 radical (unpaired) electrons. The summed E-state index contributed by atoms with van der Waals surface area (Å²) in [5.41, 5.74) is -0.521. The molecular formula is C16H33N5O2. The van der Waals surface area contributed by atoms with E-state index in [0.717, 1.165) is 45.4 Å². The van der Waals surface area contributed by atoms with Crippen molar-refractivity contribution in [2.45, 2.75) is 33.7 Å². The zero-order valence-corrected chi connectivity index (χ0v) is 15.2. The van der Waals surface area contributed by atoms with Crippen molar-refractivity contribution >= 4 is 11.9 Å². The Morgan fingerprint density at radius 1 is 1.30 bits per heavy atom. The number of amides is 1. The highest BCUT2D eigenvalue weighted by Crippen LogP contribution is 2.15. The highest BCUT2D eigenvalue weighted by Gasteiger charge is 2.26. The van der Waals surface area contributed by atoms with Crippen molar-refractivity contribution in [2.75, 3.05) is 53.0 Å². The normalized spacial score (nSPS) is 18.4. The molecule has 134 valence electrons. The summed E-state index contributed by atoms with van der Waals surface area (Å²) < 4.78 is 5.39. The van der Waals surface area contributed by atoms with Gasteiger partial charge < -0.3 is 20.7 Å². The first-order valence-corrected chi connectivity index (χ1v) is 8.47. The molecule has 0 spiro atoms. The van der Waals surface area contributed by atoms with Gasteiger partial charge >= 0.3 is 0 Å². The second-order valence-corrected chi connectivity index (χ2v) is 6.54. The van der Waals surface area contributed by atoms with E-state index in [0.29, 0.717) is 12.6 Å². The molecule has 1 atom stereocenters. The van der Waals surface area contributed by atoms with E-state index in [1.807, 2.05) is 20.8 Å². The van der Waals surface area contributed by atoms with Gasteiger partial charge in [-0.2, -0.15) is 0 Å². The SMILES string of the molecule is CCNC(=NCC(C)(C)C(=O)NC)NCC(C)N1CCOCC1. The van der Waals surface area contributed by atoms with E-state index in [2.05, 4.69) is 32.8 Å². The first-order chi connectivity index (χ1) is 10.9. The van der Waals surface area contributed by atoms with Crippen LogP contribution in [0.1, 0.15) is 27.7 Å². The summed E-state index contributed by atoms with van der Waals surface area (Å²) in [6.07, 6.45) is 0. The zero-order valence-electron chi connectivity index (χ0n) is 15.2. The second kappa shape index (κ2) is 9.72. The van der Waals surface area contributed by atoms with E-state index in [1.165, 1.54) is 0 Å². The fourth-order valence-electron chi connectivity index (χ4n) is 2.42. The van der Waals surface area contributed by atoms with Crippen molar-refractivity contribution in [3.63, 3.8) is 0 Å². The van der Waals surface area contributed by atoms with E-state index in [-0.39, 0.29) is 5.91 Å². The number of hydrogen-bond acceptors (Lipinski definition) is 4. The van der Waals surface area contributed by atoms with Gasteiger partial charge in [0.1, 0.15) is 0 Å². The topological polar surface area (TPSA) is 78.0 Å². The minimum atomic E-state index is -0.521. The number of carbonyl (C=O) groups is 1. The van der Waals surface area contributed by atoms with E-state index < -0.39 is 5.41 Å². The molecule has 0 aromatic heterocycles. The summed E-state index contributed by atoms with van der Waals surface area (Å²) in [5.74, 6) is 0.753. The van der Waals surface area contributed by atoms with Crippen molar-refractivity contribution in [1.29, 1.82) is 0 Å². The number of guanidine groups is 1. The van der Waals surface area contributed by atoms with Crippen LogP contribution >= 0.6 is 0 Å². The first kappa shape index (κ1) is 19.7. The standard InChI is InChI=1S/C16H33N5O2/c1-6-18-15(20-12-16(3,4)14(22)17-5)19-11-13(2)21-7-9-23-10-8-21/h13H,6-12H2,1-5H3,(H,17,22)(H2,18,19,20). The summed E-state index contributed by atoms with van der Waals surface area (Å²) in [6, 6.07) is 0.412. The molecule has 1 amide bonds. The molecule has 1 fully saturated rings. The smallest absolute Gasteiger partial charge is 0.227 e. The molecule has 1 saturated heterocycles. The van der Waals surface area contributed by atoms with Gasteiger partial charge in [-0.3, -0.25) is 14.7 Å². The van der Waals surface area contributed by atoms with Gasteiger partial charge in [0.2, 0.25) is 5.91 Å². The van der Waals surface area contributed by atoms with Crippen molar-refractivity contribution in [2.24, 2.45) is 10.4 Å². The predicted molar refractivity (Wildman–Crippen MR) is 93.7 cm³/mol. The average molecular weight is 327 g/mol. The highest BCUT2D eigenvalue weighted by atomic mass is 16.5. The number of nitrogens with one attached hydrogen (secondary N) is 3. The van der Waals surface area contributed by atoms with Crippen LogP contribution in [-0.4, -0.2) is 75.8 Å². The van der Waals surface area contributed by atoms with Crippen LogP contribution in [-0.2, 0) is 9.53 Å². The Morgan fingerprint density at radius 2 is 1.96 bits per heavy atom. The van der Waals surface area contributed by atoms with Crippen LogP contribution in [0.4, 0.5) is 0 Å². The van der Waals surface area contributed by atoms with Crippen molar-refractivity contribution in [3.05, 3.63) is 0 Å². The molecule has 3 N–H and O–H groups in total. The highest BCUT2D eigenvalue weighted by molar-refractivity contribution is 5.83. The first-order valence-electron chi connectivity index (χ1n) is 8.47. The third-order valence-electron chi connectivity index (χ3n) is 4.05. The molecule has 1 rings (SSSR count). The minimum Gasteiger partial charge on any atom is -0.379 e. The van der Waals surface area contributed by atoms with E-state index in [9.17, 15) is 4.79 Å². The van der Waals surface area contributed by atoms with Crippen LogP contribution in [0.3, 0.4) is 0 Å². The van der Waals surface area contributed by atoms with Gasteiger partial charge in [0.15, 0.2) is 5.96 Å². The molecule has 0 aliphatic carbocycles. The number of nitrogens with zero attached hydrogens (tertiary/aromatic N) is 2. The van der Waals surface area contributed by atoms with Gasteiger partial charge in [-0.05, 0) is 27.7 Å². The quantitative estimate of drug-likeness (QED) is 0.454. The summed E-state index contributed by atoms with van der Waals surface area (Å²) in [5, 5.41) is 9.29. The Morgan fingerprint density at radius 3 is 2.52 bits per heavy atom. The summed E-state index contributed by atoms with van der Waals surface area (Å²) in [7, 11) is 1.65. The second-order valence-electron chi connectivity index (χ2n) is 6.54. The van der Waals surface area contributed by atoms with Crippen LogP contribution in [0.2, 0.25) is 0 Å². The van der Waals surface area contributed by atoms with Crippen molar-refractivity contribution < 1.29 is 9.53 Å². The van der Waals surface area contributed by atoms with Gasteiger partial charge in [0.25, 0.3) is 0 Å². The molecule has 0 saturated carbocycles. The molecule has 0 aromatic rings. The molecule has 23 heavy (non-hydrogen) atoms. The van der Waals surface area contributed by atoms with Crippen molar-refractivity contribution in [3.8, 4) is 0 Å². The molecule has 1 unspecified atom stereocenters. The number of rotatable bonds is 7. The largest absolute Gasteiger partial charge is 0.379 e. The van der Waals surface area contributed by atoms with Crippen LogP contribution < -0.4 is 16.0 Å². The molecule has 1 heterocycles. The number of hydrogen-bond donors (Lipinski definition) is 3. The van der Waals surface area contributed by atoms with Gasteiger partial charge in [0.05, 0.1) is 25.2 Å². The summed E-state index contributed by atoms with van der Waals surface area (Å²) in [6.45, 7) is 13.6. The number of carbonyl (C=O) groups excluding carboxylic acids is 1. The van der Waals surface area contributed by atoms with E-state index >= 15 is 0 Å². The third-order valence-corrected chi connectivity index (χ3v) is 4.05. The van der Waals surface area contributed by atoms with Gasteiger partial charge in [0, 0.05) is 39.3 Å². The van der Waals surface area contributed by atoms with E-state index in [1.54, 1.807) is 7.05 Å². The molecule has 1 aliphatic rings. The van der Waals surface area contributed by atoms with Gasteiger partial charge in [-0.25, -0.2) is 0 Å². The zero-order chi connectivity index (χ0) is 17.3. The average Bonchev–Trinajstić information content (AvgIpc) is 2.57. The minimum absolute atomic E-state index is 0.00113. The Labute approximate surface area is 140 Å². The molecular weight excluding hydrogens is 294 g/mol. The maximum Gasteiger partial charge on any atom is 0.227 e. The fraction of sp³-hybridized carbons (Fsp3) is 0.875. The molecule has 7 nitrogen and oxygen atoms in total. The molecule has 0 bridgehead atoms. The summed E-state index contributed by atoms with van der Waals surface area (Å²) >= 11 is 0. The molecule has 1 aliphatic heterocycles. The lowest BCUT2D eigenvalue weighted by atomic mass is 9.93. The Hall–Kier alpha value is -1.34. The predicted octanol–water partition coefficient (Wildman–Crippen LogP) is 0.0344. The maximum atomic E-state index is 11.8. The monoisotopic (exact) mass is 327 g/mol. The van der Waals surface area contributed by atoms with Crippen LogP contribution in [0.5, 0.6) is 0 Å². The van der Waals surface area contributed by atoms with Crippen LogP contribution in [0.25, 0.3) is 0 Å². The molecule has 7 heteroatoms. The Bertz CT molecular complexity index is 392. The third kappa shape index (κ3) is 6.74. The van der Waals surface area contributed by atoms with Crippen LogP contribution in [0.15, 0.2) is 4.99 Å². The Balaban J connectivity index is 2.53. The van der Waals surface area contributed by atoms with Gasteiger partial charge in [-0.1, -0.05) is 0 Å². The lowest BCUT2D eigenvalue weighted by Crippen LogP contribution is -2.49. The van der Waals surface area contributed by atoms with Crippen molar-refractivity contribution in [1.82, 2.24) is 20.9 Å². The lowest BCUT2D eigenvalue weighted by molar-refractivity contribution is -0.128. The fourth-order valence-corrected chi connectivity index (χ4v) is 2.42. The van der Waals surface area contributed by atoms with E-state index in [4.69, 9.17) is 4.74 Å². The lowest BCUT2D eigenvalue weighted by Gasteiger charge is -2.32. The van der Waals surface area contributed by atoms with Gasteiger partial charge in [-0.15, -0.1) is 0 Å². The van der Waals surface area contributed by atoms with Crippen LogP contribution in [0, 0.1) is 5.41 Å². The number of aliphatic imine (C=N–C) groups is 1. The Kier molecular flexibility index (Phi) is 8.33. The number of morpholine rings is 1. The molecule has 0 aromatic carbocycles.